The summed E-state index contributed by atoms with van der Waals surface area (Å²) in [6.07, 6.45) is 2.26. The van der Waals surface area contributed by atoms with E-state index in [1.165, 1.54) is 7.11 Å². The molecule has 1 aliphatic heterocycles. The van der Waals surface area contributed by atoms with Crippen LogP contribution in [0.15, 0.2) is 43.0 Å². The molecule has 3 atom stereocenters. The van der Waals surface area contributed by atoms with Crippen molar-refractivity contribution in [3.63, 3.8) is 0 Å². The van der Waals surface area contributed by atoms with Crippen LogP contribution in [0, 0.1) is 6.57 Å². The van der Waals surface area contributed by atoms with E-state index in [1.54, 1.807) is 6.08 Å². The molecule has 0 radical (unpaired) electrons. The molecule has 1 heterocycles. The molecule has 0 N–H and O–H groups in total. The molecular weight excluding hydrogens is 252 g/mol. The first-order valence-electron chi connectivity index (χ1n) is 6.58. The van der Waals surface area contributed by atoms with Crippen LogP contribution >= 0.6 is 0 Å². The molecule has 20 heavy (non-hydrogen) atoms. The van der Waals surface area contributed by atoms with Gasteiger partial charge in [-0.25, -0.2) is 6.57 Å². The van der Waals surface area contributed by atoms with Crippen molar-refractivity contribution in [2.45, 2.75) is 31.1 Å². The number of rotatable bonds is 4. The standard InChI is InChI=1S/C16H18N2O2/c1-4-14-13(17-2)10-15(16(19)20-3)18(14)11-12-8-6-5-7-9-12/h4-9,13-15H,1,10-11H2,3H3/t13?,14?,15-/m1/s1. The van der Waals surface area contributed by atoms with E-state index in [2.05, 4.69) is 11.4 Å². The lowest BCUT2D eigenvalue weighted by Gasteiger charge is -2.25. The van der Waals surface area contributed by atoms with E-state index in [-0.39, 0.29) is 24.1 Å². The number of benzene rings is 1. The number of hydrogen-bond donors (Lipinski definition) is 0. The van der Waals surface area contributed by atoms with Gasteiger partial charge in [-0.05, 0) is 5.56 Å². The zero-order valence-electron chi connectivity index (χ0n) is 11.5. The van der Waals surface area contributed by atoms with Gasteiger partial charge >= 0.3 is 5.97 Å². The molecule has 0 aromatic heterocycles. The summed E-state index contributed by atoms with van der Waals surface area (Å²) in [5, 5.41) is 0. The van der Waals surface area contributed by atoms with Crippen molar-refractivity contribution >= 4 is 5.97 Å². The van der Waals surface area contributed by atoms with Crippen molar-refractivity contribution < 1.29 is 9.53 Å². The Bertz CT molecular complexity index is 521. The van der Waals surface area contributed by atoms with Gasteiger partial charge in [0, 0.05) is 6.54 Å². The highest BCUT2D eigenvalue weighted by Crippen LogP contribution is 2.30. The van der Waals surface area contributed by atoms with E-state index in [4.69, 9.17) is 11.3 Å². The van der Waals surface area contributed by atoms with Gasteiger partial charge in [-0.1, -0.05) is 36.4 Å². The maximum atomic E-state index is 11.9. The lowest BCUT2D eigenvalue weighted by molar-refractivity contribution is -0.146. The van der Waals surface area contributed by atoms with E-state index in [1.807, 2.05) is 35.2 Å². The lowest BCUT2D eigenvalue weighted by Crippen LogP contribution is -2.40. The van der Waals surface area contributed by atoms with E-state index in [0.717, 1.165) is 5.56 Å². The number of carbonyl (C=O) groups is 1. The predicted molar refractivity (Wildman–Crippen MR) is 76.8 cm³/mol. The van der Waals surface area contributed by atoms with Crippen LogP contribution in [0.3, 0.4) is 0 Å². The predicted octanol–water partition coefficient (Wildman–Crippen LogP) is 2.28. The molecule has 2 rings (SSSR count). The maximum absolute atomic E-state index is 11.9. The van der Waals surface area contributed by atoms with Crippen LogP contribution in [0.25, 0.3) is 4.85 Å². The Morgan fingerprint density at radius 2 is 2.25 bits per heavy atom. The van der Waals surface area contributed by atoms with Crippen LogP contribution in [-0.4, -0.2) is 36.1 Å². The minimum absolute atomic E-state index is 0.114. The summed E-state index contributed by atoms with van der Waals surface area (Å²) in [6, 6.07) is 9.19. The third kappa shape index (κ3) is 2.73. The second-order valence-corrected chi connectivity index (χ2v) is 4.86. The summed E-state index contributed by atoms with van der Waals surface area (Å²) in [7, 11) is 1.39. The SMILES string of the molecule is [C-]#[N+]C1C[C@H](C(=O)OC)N(Cc2ccccc2)C1C=C. The average Bonchev–Trinajstić information content (AvgIpc) is 2.85. The fraction of sp³-hybridized carbons (Fsp3) is 0.375. The summed E-state index contributed by atoms with van der Waals surface area (Å²) >= 11 is 0. The van der Waals surface area contributed by atoms with Crippen LogP contribution in [0.1, 0.15) is 12.0 Å². The fourth-order valence-electron chi connectivity index (χ4n) is 2.73. The van der Waals surface area contributed by atoms with Crippen LogP contribution in [0.2, 0.25) is 0 Å². The second kappa shape index (κ2) is 6.36. The minimum Gasteiger partial charge on any atom is -0.468 e. The van der Waals surface area contributed by atoms with Crippen molar-refractivity contribution in [1.29, 1.82) is 0 Å². The van der Waals surface area contributed by atoms with Crippen molar-refractivity contribution in [3.05, 3.63) is 60.0 Å². The highest BCUT2D eigenvalue weighted by Gasteiger charge is 2.47. The zero-order valence-corrected chi connectivity index (χ0v) is 11.5. The summed E-state index contributed by atoms with van der Waals surface area (Å²) in [5.41, 5.74) is 1.11. The number of hydrogen-bond acceptors (Lipinski definition) is 3. The summed E-state index contributed by atoms with van der Waals surface area (Å²) in [6.45, 7) is 11.7. The summed E-state index contributed by atoms with van der Waals surface area (Å²) in [5.74, 6) is -0.279. The summed E-state index contributed by atoms with van der Waals surface area (Å²) < 4.78 is 4.87. The molecule has 1 aliphatic rings. The molecule has 104 valence electrons. The van der Waals surface area contributed by atoms with E-state index in [9.17, 15) is 4.79 Å². The van der Waals surface area contributed by atoms with Gasteiger partial charge in [-0.3, -0.25) is 9.69 Å². The van der Waals surface area contributed by atoms with Gasteiger partial charge in [0.2, 0.25) is 6.04 Å². The number of carbonyl (C=O) groups excluding carboxylic acids is 1. The number of ether oxygens (including phenoxy) is 1. The third-order valence-corrected chi connectivity index (χ3v) is 3.73. The van der Waals surface area contributed by atoms with Gasteiger partial charge in [-0.15, -0.1) is 6.58 Å². The van der Waals surface area contributed by atoms with Crippen LogP contribution in [0.5, 0.6) is 0 Å². The second-order valence-electron chi connectivity index (χ2n) is 4.86. The topological polar surface area (TPSA) is 33.9 Å². The molecule has 0 aliphatic carbocycles. The van der Waals surface area contributed by atoms with Crippen LogP contribution in [-0.2, 0) is 16.1 Å². The molecule has 4 nitrogen and oxygen atoms in total. The Kier molecular flexibility index (Phi) is 4.54. The molecule has 1 aromatic rings. The Hall–Kier alpha value is -2.12. The Labute approximate surface area is 119 Å². The minimum atomic E-state index is -0.373. The van der Waals surface area contributed by atoms with Crippen molar-refractivity contribution in [2.75, 3.05) is 7.11 Å². The largest absolute Gasteiger partial charge is 0.468 e. The molecule has 4 heteroatoms. The molecular formula is C16H18N2O2. The first-order valence-corrected chi connectivity index (χ1v) is 6.58. The van der Waals surface area contributed by atoms with Gasteiger partial charge in [0.25, 0.3) is 0 Å². The molecule has 1 saturated heterocycles. The number of likely N-dealkylation sites (tertiary alicyclic amines) is 1. The smallest absolute Gasteiger partial charge is 0.323 e. The number of nitrogens with zero attached hydrogens (tertiary/aromatic N) is 2. The van der Waals surface area contributed by atoms with Crippen molar-refractivity contribution in [3.8, 4) is 0 Å². The highest BCUT2D eigenvalue weighted by molar-refractivity contribution is 5.76. The maximum Gasteiger partial charge on any atom is 0.323 e. The number of esters is 1. The van der Waals surface area contributed by atoms with E-state index >= 15 is 0 Å². The van der Waals surface area contributed by atoms with E-state index < -0.39 is 0 Å². The third-order valence-electron chi connectivity index (χ3n) is 3.73. The quantitative estimate of drug-likeness (QED) is 0.478. The normalized spacial score (nSPS) is 25.9. The highest BCUT2D eigenvalue weighted by atomic mass is 16.5. The van der Waals surface area contributed by atoms with Gasteiger partial charge in [0.1, 0.15) is 12.1 Å². The monoisotopic (exact) mass is 270 g/mol. The fourth-order valence-corrected chi connectivity index (χ4v) is 2.73. The first kappa shape index (κ1) is 14.3. The molecule has 0 bridgehead atoms. The van der Waals surface area contributed by atoms with Gasteiger partial charge < -0.3 is 9.58 Å². The molecule has 2 unspecified atom stereocenters. The number of methoxy groups -OCH3 is 1. The van der Waals surface area contributed by atoms with Gasteiger partial charge in [0.15, 0.2) is 0 Å². The molecule has 0 spiro atoms. The van der Waals surface area contributed by atoms with Crippen LogP contribution < -0.4 is 0 Å². The Morgan fingerprint density at radius 3 is 2.80 bits per heavy atom. The summed E-state index contributed by atoms with van der Waals surface area (Å²) in [4.78, 5) is 17.6. The average molecular weight is 270 g/mol. The van der Waals surface area contributed by atoms with Gasteiger partial charge in [-0.2, -0.15) is 0 Å². The Balaban J connectivity index is 2.26. The van der Waals surface area contributed by atoms with E-state index in [0.29, 0.717) is 13.0 Å². The van der Waals surface area contributed by atoms with Gasteiger partial charge in [0.05, 0.1) is 13.5 Å². The molecule has 1 aromatic carbocycles. The Morgan fingerprint density at radius 1 is 1.55 bits per heavy atom. The molecule has 0 amide bonds. The van der Waals surface area contributed by atoms with Crippen molar-refractivity contribution in [1.82, 2.24) is 4.90 Å². The molecule has 1 fully saturated rings. The van der Waals surface area contributed by atoms with Crippen LogP contribution in [0.4, 0.5) is 0 Å². The molecule has 0 saturated carbocycles. The van der Waals surface area contributed by atoms with Crippen molar-refractivity contribution in [2.24, 2.45) is 0 Å². The zero-order chi connectivity index (χ0) is 14.5. The lowest BCUT2D eigenvalue weighted by atomic mass is 10.1. The first-order chi connectivity index (χ1) is 9.71.